The minimum Gasteiger partial charge on any atom is -0.380 e. The third-order valence-electron chi connectivity index (χ3n) is 2.09. The molecule has 0 spiro atoms. The van der Waals surface area contributed by atoms with Gasteiger partial charge in [0.25, 0.3) is 0 Å². The Labute approximate surface area is 87.6 Å². The molecule has 1 N–H and O–H groups in total. The lowest BCUT2D eigenvalue weighted by Gasteiger charge is -2.04. The van der Waals surface area contributed by atoms with Gasteiger partial charge in [0.1, 0.15) is 0 Å². The minimum absolute atomic E-state index is 0.861. The fraction of sp³-hybridized carbons (Fsp3) is 0.182. The van der Waals surface area contributed by atoms with E-state index in [9.17, 15) is 0 Å². The molecule has 0 amide bonds. The van der Waals surface area contributed by atoms with Gasteiger partial charge in [-0.1, -0.05) is 0 Å². The summed E-state index contributed by atoms with van der Waals surface area (Å²) < 4.78 is 0. The fourth-order valence-electron chi connectivity index (χ4n) is 1.24. The number of aromatic nitrogens is 1. The van der Waals surface area contributed by atoms with Crippen LogP contribution in [0.3, 0.4) is 0 Å². The molecule has 2 nitrogen and oxygen atoms in total. The first-order chi connectivity index (χ1) is 6.86. The number of anilines is 1. The highest BCUT2D eigenvalue weighted by atomic mass is 32.1. The van der Waals surface area contributed by atoms with E-state index >= 15 is 0 Å². The molecule has 0 aliphatic rings. The predicted octanol–water partition coefficient (Wildman–Crippen LogP) is 3.06. The summed E-state index contributed by atoms with van der Waals surface area (Å²) in [5, 5.41) is 7.67. The summed E-state index contributed by atoms with van der Waals surface area (Å²) in [5.41, 5.74) is 3.79. The van der Waals surface area contributed by atoms with Gasteiger partial charge in [-0.05, 0) is 35.6 Å². The third kappa shape index (κ3) is 2.12. The van der Waals surface area contributed by atoms with Crippen molar-refractivity contribution in [1.82, 2.24) is 4.98 Å². The maximum Gasteiger partial charge on any atom is 0.0481 e. The molecule has 2 aromatic rings. The summed E-state index contributed by atoms with van der Waals surface area (Å²) >= 11 is 1.73. The van der Waals surface area contributed by atoms with Gasteiger partial charge in [0.15, 0.2) is 0 Å². The maximum atomic E-state index is 3.98. The van der Waals surface area contributed by atoms with Crippen LogP contribution in [0.5, 0.6) is 0 Å². The molecule has 0 fully saturated rings. The number of aryl methyl sites for hydroxylation is 1. The SMILES string of the molecule is Cc1cscc1NCc1ccncc1. The number of pyridine rings is 1. The summed E-state index contributed by atoms with van der Waals surface area (Å²) in [6.45, 7) is 2.98. The van der Waals surface area contributed by atoms with Crippen LogP contribution >= 0.6 is 11.3 Å². The molecule has 0 radical (unpaired) electrons. The second kappa shape index (κ2) is 4.24. The number of thiophene rings is 1. The van der Waals surface area contributed by atoms with Gasteiger partial charge in [-0.15, -0.1) is 11.3 Å². The van der Waals surface area contributed by atoms with Crippen molar-refractivity contribution in [1.29, 1.82) is 0 Å². The highest BCUT2D eigenvalue weighted by molar-refractivity contribution is 7.08. The zero-order valence-electron chi connectivity index (χ0n) is 8.03. The monoisotopic (exact) mass is 204 g/mol. The number of rotatable bonds is 3. The summed E-state index contributed by atoms with van der Waals surface area (Å²) in [6.07, 6.45) is 3.63. The van der Waals surface area contributed by atoms with Crippen molar-refractivity contribution >= 4 is 17.0 Å². The van der Waals surface area contributed by atoms with E-state index < -0.39 is 0 Å². The molecule has 2 aromatic heterocycles. The van der Waals surface area contributed by atoms with Crippen molar-refractivity contribution < 1.29 is 0 Å². The van der Waals surface area contributed by atoms with Crippen molar-refractivity contribution in [3.63, 3.8) is 0 Å². The van der Waals surface area contributed by atoms with Crippen LogP contribution < -0.4 is 5.32 Å². The maximum absolute atomic E-state index is 3.98. The van der Waals surface area contributed by atoms with Crippen LogP contribution in [0.4, 0.5) is 5.69 Å². The zero-order valence-corrected chi connectivity index (χ0v) is 8.84. The predicted molar refractivity (Wildman–Crippen MR) is 60.6 cm³/mol. The van der Waals surface area contributed by atoms with E-state index in [1.165, 1.54) is 16.8 Å². The van der Waals surface area contributed by atoms with Crippen molar-refractivity contribution in [2.24, 2.45) is 0 Å². The Kier molecular flexibility index (Phi) is 2.79. The van der Waals surface area contributed by atoms with E-state index in [4.69, 9.17) is 0 Å². The van der Waals surface area contributed by atoms with Gasteiger partial charge in [0.05, 0.1) is 0 Å². The second-order valence-electron chi connectivity index (χ2n) is 3.18. The van der Waals surface area contributed by atoms with Gasteiger partial charge in [-0.3, -0.25) is 4.98 Å². The van der Waals surface area contributed by atoms with Crippen LogP contribution in [-0.2, 0) is 6.54 Å². The Morgan fingerprint density at radius 3 is 2.71 bits per heavy atom. The second-order valence-corrected chi connectivity index (χ2v) is 3.92. The molecule has 0 aliphatic heterocycles. The van der Waals surface area contributed by atoms with Crippen molar-refractivity contribution in [3.8, 4) is 0 Å². The first-order valence-electron chi connectivity index (χ1n) is 4.52. The molecule has 0 atom stereocenters. The molecule has 0 aromatic carbocycles. The highest BCUT2D eigenvalue weighted by Crippen LogP contribution is 2.19. The normalized spacial score (nSPS) is 10.1. The standard InChI is InChI=1S/C11H12N2S/c1-9-7-14-8-11(9)13-6-10-2-4-12-5-3-10/h2-5,7-8,13H,6H2,1H3. The molecule has 14 heavy (non-hydrogen) atoms. The van der Waals surface area contributed by atoms with Gasteiger partial charge < -0.3 is 5.32 Å². The van der Waals surface area contributed by atoms with E-state index in [0.29, 0.717) is 0 Å². The first kappa shape index (κ1) is 9.21. The lowest BCUT2D eigenvalue weighted by molar-refractivity contribution is 1.12. The number of hydrogen-bond acceptors (Lipinski definition) is 3. The number of nitrogens with zero attached hydrogens (tertiary/aromatic N) is 1. The summed E-state index contributed by atoms with van der Waals surface area (Å²) in [5.74, 6) is 0. The van der Waals surface area contributed by atoms with Gasteiger partial charge in [-0.25, -0.2) is 0 Å². The minimum atomic E-state index is 0.861. The average molecular weight is 204 g/mol. The molecule has 0 bridgehead atoms. The zero-order chi connectivity index (χ0) is 9.80. The van der Waals surface area contributed by atoms with Crippen LogP contribution in [-0.4, -0.2) is 4.98 Å². The molecule has 0 saturated heterocycles. The smallest absolute Gasteiger partial charge is 0.0481 e. The van der Waals surface area contributed by atoms with Crippen LogP contribution in [0.1, 0.15) is 11.1 Å². The van der Waals surface area contributed by atoms with E-state index in [1.807, 2.05) is 24.5 Å². The largest absolute Gasteiger partial charge is 0.380 e. The number of nitrogens with one attached hydrogen (secondary N) is 1. The summed E-state index contributed by atoms with van der Waals surface area (Å²) in [7, 11) is 0. The van der Waals surface area contributed by atoms with Crippen LogP contribution in [0.2, 0.25) is 0 Å². The number of hydrogen-bond donors (Lipinski definition) is 1. The van der Waals surface area contributed by atoms with E-state index in [0.717, 1.165) is 6.54 Å². The van der Waals surface area contributed by atoms with Gasteiger partial charge in [-0.2, -0.15) is 0 Å². The van der Waals surface area contributed by atoms with Gasteiger partial charge in [0, 0.05) is 30.0 Å². The van der Waals surface area contributed by atoms with E-state index in [-0.39, 0.29) is 0 Å². The van der Waals surface area contributed by atoms with Crippen LogP contribution in [0.15, 0.2) is 35.3 Å². The van der Waals surface area contributed by atoms with Crippen molar-refractivity contribution in [2.45, 2.75) is 13.5 Å². The lowest BCUT2D eigenvalue weighted by Crippen LogP contribution is -1.98. The molecule has 3 heteroatoms. The first-order valence-corrected chi connectivity index (χ1v) is 5.46. The molecular formula is C11H12N2S. The molecule has 0 aliphatic carbocycles. The Balaban J connectivity index is 1.99. The fourth-order valence-corrected chi connectivity index (χ4v) is 2.04. The van der Waals surface area contributed by atoms with E-state index in [1.54, 1.807) is 11.3 Å². The van der Waals surface area contributed by atoms with Crippen molar-refractivity contribution in [2.75, 3.05) is 5.32 Å². The Bertz CT molecular complexity index is 395. The average Bonchev–Trinajstić information content (AvgIpc) is 2.63. The molecule has 0 saturated carbocycles. The van der Waals surface area contributed by atoms with Crippen LogP contribution in [0, 0.1) is 6.92 Å². The molecule has 0 unspecified atom stereocenters. The third-order valence-corrected chi connectivity index (χ3v) is 2.95. The molecular weight excluding hydrogens is 192 g/mol. The highest BCUT2D eigenvalue weighted by Gasteiger charge is 1.97. The van der Waals surface area contributed by atoms with E-state index in [2.05, 4.69) is 28.0 Å². The molecule has 2 heterocycles. The molecule has 2 rings (SSSR count). The summed E-state index contributed by atoms with van der Waals surface area (Å²) in [6, 6.07) is 4.05. The Hall–Kier alpha value is -1.35. The van der Waals surface area contributed by atoms with Crippen LogP contribution in [0.25, 0.3) is 0 Å². The quantitative estimate of drug-likeness (QED) is 0.831. The topological polar surface area (TPSA) is 24.9 Å². The summed E-state index contributed by atoms with van der Waals surface area (Å²) in [4.78, 5) is 3.98. The Morgan fingerprint density at radius 2 is 2.07 bits per heavy atom. The van der Waals surface area contributed by atoms with Gasteiger partial charge in [0.2, 0.25) is 0 Å². The Morgan fingerprint density at radius 1 is 1.29 bits per heavy atom. The van der Waals surface area contributed by atoms with Gasteiger partial charge >= 0.3 is 0 Å². The molecule has 72 valence electrons. The van der Waals surface area contributed by atoms with Crippen molar-refractivity contribution in [3.05, 3.63) is 46.4 Å². The lowest BCUT2D eigenvalue weighted by atomic mass is 10.2.